The maximum atomic E-state index is 12.0. The molecule has 0 fully saturated rings. The molecule has 2 heterocycles. The number of imidazole rings is 1. The summed E-state index contributed by atoms with van der Waals surface area (Å²) in [5, 5.41) is 8.88. The van der Waals surface area contributed by atoms with Gasteiger partial charge in [-0.05, 0) is 12.8 Å². The van der Waals surface area contributed by atoms with E-state index in [4.69, 9.17) is 5.11 Å². The minimum atomic E-state index is -3.82. The van der Waals surface area contributed by atoms with Crippen molar-refractivity contribution in [1.82, 2.24) is 19.3 Å². The number of carboxylic acids is 1. The molecule has 0 aliphatic heterocycles. The summed E-state index contributed by atoms with van der Waals surface area (Å²) in [5.74, 6) is -1.35. The fourth-order valence-corrected chi connectivity index (χ4v) is 3.94. The van der Waals surface area contributed by atoms with E-state index in [-0.39, 0.29) is 10.8 Å². The number of nitrogens with one attached hydrogen (secondary N) is 1. The van der Waals surface area contributed by atoms with Gasteiger partial charge in [0.15, 0.2) is 9.90 Å². The normalized spacial score (nSPS) is 11.6. The van der Waals surface area contributed by atoms with Crippen molar-refractivity contribution in [3.8, 4) is 0 Å². The number of hydrogen-bond acceptors (Lipinski definition) is 6. The highest BCUT2D eigenvalue weighted by Crippen LogP contribution is 2.19. The Morgan fingerprint density at radius 1 is 1.43 bits per heavy atom. The number of aromatic carboxylic acids is 1. The van der Waals surface area contributed by atoms with E-state index >= 15 is 0 Å². The third-order valence-corrected chi connectivity index (χ3v) is 5.51. The first kappa shape index (κ1) is 15.6. The third-order valence-electron chi connectivity index (χ3n) is 2.68. The molecular formula is C11H14N4O4S2. The van der Waals surface area contributed by atoms with Gasteiger partial charge in [0.1, 0.15) is 0 Å². The van der Waals surface area contributed by atoms with Gasteiger partial charge in [0.2, 0.25) is 0 Å². The van der Waals surface area contributed by atoms with E-state index in [0.29, 0.717) is 6.42 Å². The van der Waals surface area contributed by atoms with Crippen LogP contribution in [0.3, 0.4) is 0 Å². The number of sulfonamides is 1. The molecule has 0 amide bonds. The maximum absolute atomic E-state index is 12.0. The van der Waals surface area contributed by atoms with E-state index in [0.717, 1.165) is 24.3 Å². The molecule has 0 bridgehead atoms. The van der Waals surface area contributed by atoms with Crippen molar-refractivity contribution >= 4 is 27.3 Å². The van der Waals surface area contributed by atoms with Crippen LogP contribution in [-0.4, -0.2) is 40.6 Å². The van der Waals surface area contributed by atoms with Gasteiger partial charge in [-0.25, -0.2) is 27.9 Å². The molecule has 0 spiro atoms. The highest BCUT2D eigenvalue weighted by atomic mass is 32.2. The summed E-state index contributed by atoms with van der Waals surface area (Å²) in [5.41, 5.74) is 0.766. The molecule has 0 radical (unpaired) electrons. The van der Waals surface area contributed by atoms with Gasteiger partial charge in [0, 0.05) is 25.5 Å². The summed E-state index contributed by atoms with van der Waals surface area (Å²) < 4.78 is 28.0. The minimum absolute atomic E-state index is 0.244. The predicted octanol–water partition coefficient (Wildman–Crippen LogP) is 0.796. The van der Waals surface area contributed by atoms with E-state index in [9.17, 15) is 13.2 Å². The average Bonchev–Trinajstić information content (AvgIpc) is 3.09. The van der Waals surface area contributed by atoms with Crippen molar-refractivity contribution in [2.75, 3.05) is 6.54 Å². The lowest BCUT2D eigenvalue weighted by atomic mass is 10.3. The Morgan fingerprint density at radius 3 is 2.90 bits per heavy atom. The molecule has 0 saturated carbocycles. The minimum Gasteiger partial charge on any atom is -0.476 e. The predicted molar refractivity (Wildman–Crippen MR) is 75.7 cm³/mol. The number of aryl methyl sites for hydroxylation is 1. The first-order valence-electron chi connectivity index (χ1n) is 6.13. The molecule has 114 valence electrons. The largest absolute Gasteiger partial charge is 0.476 e. The molecule has 0 aliphatic rings. The molecule has 0 saturated heterocycles. The summed E-state index contributed by atoms with van der Waals surface area (Å²) in [6, 6.07) is 0. The lowest BCUT2D eigenvalue weighted by Gasteiger charge is -2.05. The van der Waals surface area contributed by atoms with Crippen LogP contribution in [0.4, 0.5) is 0 Å². The average molecular weight is 330 g/mol. The van der Waals surface area contributed by atoms with Gasteiger partial charge in [-0.1, -0.05) is 0 Å². The molecule has 2 aromatic rings. The Kier molecular flexibility index (Phi) is 5.04. The highest BCUT2D eigenvalue weighted by Gasteiger charge is 2.25. The van der Waals surface area contributed by atoms with E-state index in [1.54, 1.807) is 12.5 Å². The number of carboxylic acid groups (broad SMARTS) is 1. The Balaban J connectivity index is 1.84. The number of hydrogen-bond donors (Lipinski definition) is 2. The SMILES string of the molecule is O=C(O)c1ncsc1S(=O)(=O)NCCCCn1ccnc1. The van der Waals surface area contributed by atoms with E-state index in [1.165, 1.54) is 5.51 Å². The number of thiazole rings is 1. The Hall–Kier alpha value is -1.78. The van der Waals surface area contributed by atoms with Crippen LogP contribution in [0.2, 0.25) is 0 Å². The molecule has 2 N–H and O–H groups in total. The third kappa shape index (κ3) is 4.09. The summed E-state index contributed by atoms with van der Waals surface area (Å²) in [7, 11) is -3.82. The van der Waals surface area contributed by atoms with Gasteiger partial charge >= 0.3 is 5.97 Å². The second kappa shape index (κ2) is 6.78. The summed E-state index contributed by atoms with van der Waals surface area (Å²) in [6.45, 7) is 0.997. The second-order valence-electron chi connectivity index (χ2n) is 4.20. The van der Waals surface area contributed by atoms with Crippen molar-refractivity contribution in [2.45, 2.75) is 23.6 Å². The fourth-order valence-electron chi connectivity index (χ4n) is 1.68. The molecular weight excluding hydrogens is 316 g/mol. The first-order valence-corrected chi connectivity index (χ1v) is 8.49. The Morgan fingerprint density at radius 2 is 2.24 bits per heavy atom. The van der Waals surface area contributed by atoms with Crippen LogP contribution in [0, 0.1) is 0 Å². The topological polar surface area (TPSA) is 114 Å². The van der Waals surface area contributed by atoms with Crippen LogP contribution >= 0.6 is 11.3 Å². The molecule has 21 heavy (non-hydrogen) atoms. The van der Waals surface area contributed by atoms with Gasteiger partial charge < -0.3 is 9.67 Å². The van der Waals surface area contributed by atoms with Crippen molar-refractivity contribution in [1.29, 1.82) is 0 Å². The van der Waals surface area contributed by atoms with E-state index in [1.807, 2.05) is 10.8 Å². The zero-order chi connectivity index (χ0) is 15.3. The van der Waals surface area contributed by atoms with Crippen molar-refractivity contribution < 1.29 is 18.3 Å². The van der Waals surface area contributed by atoms with E-state index in [2.05, 4.69) is 14.7 Å². The van der Waals surface area contributed by atoms with Gasteiger partial charge in [-0.15, -0.1) is 11.3 Å². The standard InChI is InChI=1S/C11H14N4O4S2/c16-10(17)9-11(20-8-13-9)21(18,19)14-3-1-2-5-15-6-4-12-7-15/h4,6-8,14H,1-3,5H2,(H,16,17). The number of unbranched alkanes of at least 4 members (excludes halogenated alkanes) is 1. The number of rotatable bonds is 8. The number of aromatic nitrogens is 3. The summed E-state index contributed by atoms with van der Waals surface area (Å²) >= 11 is 0.792. The van der Waals surface area contributed by atoms with Gasteiger partial charge in [0.25, 0.3) is 10.0 Å². The molecule has 2 rings (SSSR count). The Bertz CT molecular complexity index is 694. The smallest absolute Gasteiger partial charge is 0.356 e. The molecule has 2 aromatic heterocycles. The van der Waals surface area contributed by atoms with Crippen LogP contribution in [0.25, 0.3) is 0 Å². The number of nitrogens with zero attached hydrogens (tertiary/aromatic N) is 3. The monoisotopic (exact) mass is 330 g/mol. The molecule has 0 aliphatic carbocycles. The quantitative estimate of drug-likeness (QED) is 0.692. The van der Waals surface area contributed by atoms with Gasteiger partial charge in [-0.3, -0.25) is 0 Å². The first-order chi connectivity index (χ1) is 10.0. The van der Waals surface area contributed by atoms with Gasteiger partial charge in [-0.2, -0.15) is 0 Å². The van der Waals surface area contributed by atoms with Crippen molar-refractivity contribution in [3.05, 3.63) is 29.9 Å². The van der Waals surface area contributed by atoms with E-state index < -0.39 is 21.7 Å². The lowest BCUT2D eigenvalue weighted by Crippen LogP contribution is -2.25. The zero-order valence-electron chi connectivity index (χ0n) is 11.0. The molecule has 0 unspecified atom stereocenters. The van der Waals surface area contributed by atoms with Crippen LogP contribution < -0.4 is 4.72 Å². The molecule has 10 heteroatoms. The van der Waals surface area contributed by atoms with Crippen LogP contribution in [0.15, 0.2) is 28.4 Å². The van der Waals surface area contributed by atoms with Crippen LogP contribution in [-0.2, 0) is 16.6 Å². The highest BCUT2D eigenvalue weighted by molar-refractivity contribution is 7.91. The maximum Gasteiger partial charge on any atom is 0.356 e. The van der Waals surface area contributed by atoms with Crippen LogP contribution in [0.5, 0.6) is 0 Å². The lowest BCUT2D eigenvalue weighted by molar-refractivity contribution is 0.0687. The van der Waals surface area contributed by atoms with Gasteiger partial charge in [0.05, 0.1) is 11.8 Å². The zero-order valence-corrected chi connectivity index (χ0v) is 12.6. The summed E-state index contributed by atoms with van der Waals surface area (Å²) in [4.78, 5) is 18.3. The van der Waals surface area contributed by atoms with Crippen LogP contribution in [0.1, 0.15) is 23.3 Å². The fraction of sp³-hybridized carbons (Fsp3) is 0.364. The molecule has 0 atom stereocenters. The number of carbonyl (C=O) groups is 1. The molecule has 0 aromatic carbocycles. The Labute approximate surface area is 125 Å². The van der Waals surface area contributed by atoms with Crippen molar-refractivity contribution in [3.63, 3.8) is 0 Å². The summed E-state index contributed by atoms with van der Waals surface area (Å²) in [6.07, 6.45) is 6.63. The van der Waals surface area contributed by atoms with Crippen molar-refractivity contribution in [2.24, 2.45) is 0 Å². The second-order valence-corrected chi connectivity index (χ2v) is 7.02. The molecule has 8 nitrogen and oxygen atoms in total.